The first kappa shape index (κ1) is 12.4. The Labute approximate surface area is 94.8 Å². The van der Waals surface area contributed by atoms with Crippen molar-refractivity contribution in [3.05, 3.63) is 0 Å². The molecular weight excluding hydrogens is 208 g/mol. The molecule has 1 unspecified atom stereocenters. The Morgan fingerprint density at radius 2 is 2.31 bits per heavy atom. The maximum absolute atomic E-state index is 11.7. The summed E-state index contributed by atoms with van der Waals surface area (Å²) in [4.78, 5) is 24.0. The van der Waals surface area contributed by atoms with Gasteiger partial charge in [-0.3, -0.25) is 4.79 Å². The number of urea groups is 1. The lowest BCUT2D eigenvalue weighted by molar-refractivity contribution is -0.143. The summed E-state index contributed by atoms with van der Waals surface area (Å²) in [7, 11) is 0. The zero-order valence-corrected chi connectivity index (χ0v) is 9.27. The van der Waals surface area contributed by atoms with Gasteiger partial charge in [-0.2, -0.15) is 0 Å². The highest BCUT2D eigenvalue weighted by Gasteiger charge is 2.28. The third kappa shape index (κ3) is 3.16. The van der Waals surface area contributed by atoms with Crippen molar-refractivity contribution in [1.29, 1.82) is 0 Å². The van der Waals surface area contributed by atoms with Crippen molar-refractivity contribution in [3.63, 3.8) is 0 Å². The molecule has 0 bridgehead atoms. The minimum Gasteiger partial charge on any atom is -0.481 e. The number of carboxylic acid groups (broad SMARTS) is 1. The monoisotopic (exact) mass is 224 g/mol. The van der Waals surface area contributed by atoms with Gasteiger partial charge in [-0.15, -0.1) is 6.42 Å². The number of carbonyl (C=O) groups excluding carboxylic acids is 1. The van der Waals surface area contributed by atoms with Gasteiger partial charge in [0.1, 0.15) is 0 Å². The molecule has 0 aliphatic carbocycles. The van der Waals surface area contributed by atoms with Crippen molar-refractivity contribution in [2.45, 2.75) is 25.8 Å². The number of likely N-dealkylation sites (tertiary alicyclic amines) is 1. The van der Waals surface area contributed by atoms with Gasteiger partial charge in [-0.05, 0) is 19.8 Å². The van der Waals surface area contributed by atoms with Crippen LogP contribution >= 0.6 is 0 Å². The summed E-state index contributed by atoms with van der Waals surface area (Å²) >= 11 is 0. The average molecular weight is 224 g/mol. The Kier molecular flexibility index (Phi) is 4.18. The fourth-order valence-corrected chi connectivity index (χ4v) is 1.68. The lowest BCUT2D eigenvalue weighted by Gasteiger charge is -2.31. The van der Waals surface area contributed by atoms with E-state index in [-0.39, 0.29) is 18.6 Å². The molecule has 0 radical (unpaired) electrons. The molecule has 1 saturated heterocycles. The summed E-state index contributed by atoms with van der Waals surface area (Å²) in [5, 5.41) is 11.5. The van der Waals surface area contributed by atoms with Crippen LogP contribution in [-0.4, -0.2) is 41.1 Å². The highest BCUT2D eigenvalue weighted by molar-refractivity contribution is 5.77. The van der Waals surface area contributed by atoms with Crippen molar-refractivity contribution in [3.8, 4) is 12.3 Å². The van der Waals surface area contributed by atoms with Gasteiger partial charge in [-0.1, -0.05) is 5.92 Å². The normalized spacial score (nSPS) is 22.0. The number of nitrogens with one attached hydrogen (secondary N) is 1. The molecule has 2 amide bonds. The Morgan fingerprint density at radius 1 is 1.62 bits per heavy atom. The van der Waals surface area contributed by atoms with Crippen LogP contribution in [0.4, 0.5) is 4.79 Å². The molecule has 1 rings (SSSR count). The third-order valence-electron chi connectivity index (χ3n) is 2.65. The summed E-state index contributed by atoms with van der Waals surface area (Å²) in [5.74, 6) is 1.09. The third-order valence-corrected chi connectivity index (χ3v) is 2.65. The molecule has 0 aromatic rings. The van der Waals surface area contributed by atoms with Crippen molar-refractivity contribution >= 4 is 12.0 Å². The zero-order valence-electron chi connectivity index (χ0n) is 9.27. The van der Waals surface area contributed by atoms with Gasteiger partial charge in [0, 0.05) is 13.1 Å². The molecule has 1 aliphatic heterocycles. The second-order valence-electron chi connectivity index (χ2n) is 3.96. The summed E-state index contributed by atoms with van der Waals surface area (Å²) in [6, 6.07) is -0.617. The van der Waals surface area contributed by atoms with E-state index in [2.05, 4.69) is 11.2 Å². The largest absolute Gasteiger partial charge is 0.481 e. The maximum atomic E-state index is 11.7. The lowest BCUT2D eigenvalue weighted by Crippen LogP contribution is -2.48. The molecule has 0 aromatic carbocycles. The first-order chi connectivity index (χ1) is 7.54. The molecule has 0 aromatic heterocycles. The standard InChI is InChI=1S/C11H16N2O3/c1-3-8(2)12-11(16)13-6-4-5-9(7-13)10(14)15/h1,8-9H,4-7H2,2H3,(H,12,16)(H,14,15)/t8?,9-/m0/s1. The molecule has 88 valence electrons. The number of rotatable bonds is 2. The predicted molar refractivity (Wildman–Crippen MR) is 58.8 cm³/mol. The Hall–Kier alpha value is -1.70. The van der Waals surface area contributed by atoms with Crippen LogP contribution in [0, 0.1) is 18.3 Å². The molecule has 5 nitrogen and oxygen atoms in total. The molecule has 1 heterocycles. The van der Waals surface area contributed by atoms with Crippen molar-refractivity contribution in [2.24, 2.45) is 5.92 Å². The maximum Gasteiger partial charge on any atom is 0.318 e. The van der Waals surface area contributed by atoms with E-state index in [1.807, 2.05) is 0 Å². The van der Waals surface area contributed by atoms with Gasteiger partial charge in [0.2, 0.25) is 0 Å². The number of carboxylic acids is 1. The lowest BCUT2D eigenvalue weighted by atomic mass is 9.99. The summed E-state index contributed by atoms with van der Waals surface area (Å²) < 4.78 is 0. The van der Waals surface area contributed by atoms with E-state index >= 15 is 0 Å². The van der Waals surface area contributed by atoms with Gasteiger partial charge in [-0.25, -0.2) is 4.79 Å². The Bertz CT molecular complexity index is 322. The van der Waals surface area contributed by atoms with Gasteiger partial charge < -0.3 is 15.3 Å². The molecule has 1 fully saturated rings. The van der Waals surface area contributed by atoms with Crippen LogP contribution in [0.1, 0.15) is 19.8 Å². The van der Waals surface area contributed by atoms with Crippen LogP contribution in [0.5, 0.6) is 0 Å². The van der Waals surface area contributed by atoms with Gasteiger partial charge in [0.15, 0.2) is 0 Å². The molecule has 2 atom stereocenters. The predicted octanol–water partition coefficient (Wildman–Crippen LogP) is 0.514. The number of aliphatic carboxylic acids is 1. The van der Waals surface area contributed by atoms with E-state index < -0.39 is 11.9 Å². The number of terminal acetylenes is 1. The van der Waals surface area contributed by atoms with Crippen molar-refractivity contribution in [2.75, 3.05) is 13.1 Å². The van der Waals surface area contributed by atoms with E-state index in [4.69, 9.17) is 11.5 Å². The fourth-order valence-electron chi connectivity index (χ4n) is 1.68. The summed E-state index contributed by atoms with van der Waals surface area (Å²) in [6.07, 6.45) is 6.49. The van der Waals surface area contributed by atoms with Crippen LogP contribution in [0.2, 0.25) is 0 Å². The first-order valence-corrected chi connectivity index (χ1v) is 5.29. The van der Waals surface area contributed by atoms with Crippen molar-refractivity contribution < 1.29 is 14.7 Å². The molecule has 5 heteroatoms. The SMILES string of the molecule is C#CC(C)NC(=O)N1CCC[C@H](C(=O)O)C1. The minimum absolute atomic E-state index is 0.262. The van der Waals surface area contributed by atoms with E-state index in [9.17, 15) is 9.59 Å². The van der Waals surface area contributed by atoms with E-state index in [1.165, 1.54) is 4.90 Å². The number of piperidine rings is 1. The van der Waals surface area contributed by atoms with E-state index in [0.717, 1.165) is 6.42 Å². The number of hydrogen-bond acceptors (Lipinski definition) is 2. The van der Waals surface area contributed by atoms with Crippen LogP contribution in [-0.2, 0) is 4.79 Å². The molecule has 0 saturated carbocycles. The average Bonchev–Trinajstić information content (AvgIpc) is 2.28. The number of carbonyl (C=O) groups is 2. The second-order valence-corrected chi connectivity index (χ2v) is 3.96. The van der Waals surface area contributed by atoms with Crippen LogP contribution in [0.3, 0.4) is 0 Å². The quantitative estimate of drug-likeness (QED) is 0.672. The number of nitrogens with zero attached hydrogens (tertiary/aromatic N) is 1. The minimum atomic E-state index is -0.845. The number of hydrogen-bond donors (Lipinski definition) is 2. The molecule has 0 spiro atoms. The Balaban J connectivity index is 2.51. The zero-order chi connectivity index (χ0) is 12.1. The molecular formula is C11H16N2O3. The van der Waals surface area contributed by atoms with E-state index in [1.54, 1.807) is 6.92 Å². The topological polar surface area (TPSA) is 69.6 Å². The smallest absolute Gasteiger partial charge is 0.318 e. The fraction of sp³-hybridized carbons (Fsp3) is 0.636. The molecule has 2 N–H and O–H groups in total. The van der Waals surface area contributed by atoms with Crippen molar-refractivity contribution in [1.82, 2.24) is 10.2 Å². The van der Waals surface area contributed by atoms with E-state index in [0.29, 0.717) is 13.0 Å². The Morgan fingerprint density at radius 3 is 2.88 bits per heavy atom. The van der Waals surface area contributed by atoms with Gasteiger partial charge >= 0.3 is 12.0 Å². The second kappa shape index (κ2) is 5.40. The highest BCUT2D eigenvalue weighted by Crippen LogP contribution is 2.16. The van der Waals surface area contributed by atoms with Gasteiger partial charge in [0.05, 0.1) is 12.0 Å². The highest BCUT2D eigenvalue weighted by atomic mass is 16.4. The molecule has 1 aliphatic rings. The van der Waals surface area contributed by atoms with Crippen LogP contribution in [0.15, 0.2) is 0 Å². The summed E-state index contributed by atoms with van der Waals surface area (Å²) in [5.41, 5.74) is 0. The summed E-state index contributed by atoms with van der Waals surface area (Å²) in [6.45, 7) is 2.56. The number of amides is 2. The van der Waals surface area contributed by atoms with Crippen LogP contribution in [0.25, 0.3) is 0 Å². The van der Waals surface area contributed by atoms with Crippen LogP contribution < -0.4 is 5.32 Å². The van der Waals surface area contributed by atoms with Gasteiger partial charge in [0.25, 0.3) is 0 Å². The molecule has 16 heavy (non-hydrogen) atoms. The first-order valence-electron chi connectivity index (χ1n) is 5.29.